The largest absolute Gasteiger partial charge is 0.474 e. The maximum atomic E-state index is 10.7. The van der Waals surface area contributed by atoms with Crippen molar-refractivity contribution in [3.63, 3.8) is 0 Å². The van der Waals surface area contributed by atoms with Crippen molar-refractivity contribution in [3.8, 4) is 0 Å². The van der Waals surface area contributed by atoms with Crippen LogP contribution in [0.1, 0.15) is 0 Å². The lowest BCUT2D eigenvalue weighted by molar-refractivity contribution is -0.135. The number of esters is 1. The van der Waals surface area contributed by atoms with Crippen LogP contribution in [0.2, 0.25) is 0 Å². The summed E-state index contributed by atoms with van der Waals surface area (Å²) in [7, 11) is -2.35. The third kappa shape index (κ3) is 4.81. The highest BCUT2D eigenvalue weighted by molar-refractivity contribution is 7.88. The summed E-state index contributed by atoms with van der Waals surface area (Å²) in [5, 5.41) is 0. The number of nitrogens with one attached hydrogen (secondary N) is 1. The average molecular weight is 204 g/mol. The van der Waals surface area contributed by atoms with Gasteiger partial charge in [0.1, 0.15) is 0 Å². The Morgan fingerprint density at radius 2 is 2.15 bits per heavy atom. The molecular weight excluding hydrogens is 196 g/mol. The molecule has 0 rings (SSSR count). The fourth-order valence-corrected chi connectivity index (χ4v) is 0.730. The van der Waals surface area contributed by atoms with Crippen LogP contribution in [0.5, 0.6) is 0 Å². The lowest BCUT2D eigenvalue weighted by Crippen LogP contribution is -2.17. The zero-order valence-corrected chi connectivity index (χ0v) is 7.88. The van der Waals surface area contributed by atoms with Gasteiger partial charge in [-0.15, -0.1) is 0 Å². The van der Waals surface area contributed by atoms with Gasteiger partial charge in [-0.05, 0) is 0 Å². The molecule has 0 spiro atoms. The fraction of sp³-hybridized carbons (Fsp3) is 0.333. The Kier molecular flexibility index (Phi) is 3.94. The standard InChI is InChI=1S/C6H8N2O4S/c1-7-5(6(9)12-2)4-8-13(3,10)11/h4,8H,2-3H3. The van der Waals surface area contributed by atoms with Crippen molar-refractivity contribution in [1.29, 1.82) is 0 Å². The van der Waals surface area contributed by atoms with Crippen molar-refractivity contribution in [2.24, 2.45) is 0 Å². The van der Waals surface area contributed by atoms with Gasteiger partial charge >= 0.3 is 5.97 Å². The minimum absolute atomic E-state index is 0.423. The molecule has 0 radical (unpaired) electrons. The van der Waals surface area contributed by atoms with Crippen LogP contribution in [0.15, 0.2) is 11.9 Å². The number of nitrogens with zero attached hydrogens (tertiary/aromatic N) is 1. The number of methoxy groups -OCH3 is 1. The van der Waals surface area contributed by atoms with E-state index < -0.39 is 21.7 Å². The molecule has 0 aliphatic carbocycles. The molecule has 0 aromatic rings. The van der Waals surface area contributed by atoms with Crippen molar-refractivity contribution in [2.45, 2.75) is 0 Å². The molecule has 0 atom stereocenters. The average Bonchev–Trinajstić information content (AvgIpc) is 2.03. The highest BCUT2D eigenvalue weighted by Crippen LogP contribution is 1.97. The van der Waals surface area contributed by atoms with Gasteiger partial charge in [0.2, 0.25) is 10.0 Å². The van der Waals surface area contributed by atoms with Gasteiger partial charge in [0.05, 0.1) is 19.9 Å². The number of rotatable bonds is 3. The van der Waals surface area contributed by atoms with Crippen LogP contribution in [0.25, 0.3) is 4.85 Å². The first-order valence-corrected chi connectivity index (χ1v) is 4.93. The van der Waals surface area contributed by atoms with Gasteiger partial charge in [0.25, 0.3) is 5.70 Å². The van der Waals surface area contributed by atoms with Crippen LogP contribution in [-0.4, -0.2) is 27.8 Å². The van der Waals surface area contributed by atoms with E-state index in [1.807, 2.05) is 4.72 Å². The SMILES string of the molecule is [C-]#[N+]C(=CNS(C)(=O)=O)C(=O)OC. The molecular formula is C6H8N2O4S. The van der Waals surface area contributed by atoms with Crippen molar-refractivity contribution in [1.82, 2.24) is 4.72 Å². The molecule has 0 bridgehead atoms. The maximum Gasteiger partial charge on any atom is 0.337 e. The highest BCUT2D eigenvalue weighted by Gasteiger charge is 2.09. The molecule has 0 aromatic carbocycles. The van der Waals surface area contributed by atoms with Crippen molar-refractivity contribution >= 4 is 16.0 Å². The first kappa shape index (κ1) is 11.4. The summed E-state index contributed by atoms with van der Waals surface area (Å²) in [5.74, 6) is -0.883. The normalized spacial score (nSPS) is 11.6. The Morgan fingerprint density at radius 1 is 1.62 bits per heavy atom. The second-order valence-electron chi connectivity index (χ2n) is 2.02. The molecule has 72 valence electrons. The molecule has 1 N–H and O–H groups in total. The highest BCUT2D eigenvalue weighted by atomic mass is 32.2. The predicted octanol–water partition coefficient (Wildman–Crippen LogP) is -0.531. The third-order valence-electron chi connectivity index (χ3n) is 0.925. The van der Waals surface area contributed by atoms with Crippen LogP contribution in [0.4, 0.5) is 0 Å². The van der Waals surface area contributed by atoms with Gasteiger partial charge in [-0.3, -0.25) is 4.79 Å². The molecule has 0 heterocycles. The van der Waals surface area contributed by atoms with Gasteiger partial charge < -0.3 is 9.46 Å². The van der Waals surface area contributed by atoms with E-state index in [1.54, 1.807) is 0 Å². The molecule has 0 unspecified atom stereocenters. The number of ether oxygens (including phenoxy) is 1. The first-order chi connectivity index (χ1) is 5.90. The van der Waals surface area contributed by atoms with E-state index in [-0.39, 0.29) is 0 Å². The minimum Gasteiger partial charge on any atom is -0.474 e. The van der Waals surface area contributed by atoms with Gasteiger partial charge in [0, 0.05) is 6.20 Å². The second kappa shape index (κ2) is 4.47. The molecule has 0 fully saturated rings. The van der Waals surface area contributed by atoms with E-state index in [4.69, 9.17) is 6.57 Å². The maximum absolute atomic E-state index is 10.7. The summed E-state index contributed by atoms with van der Waals surface area (Å²) in [5.41, 5.74) is -0.423. The summed E-state index contributed by atoms with van der Waals surface area (Å²) >= 11 is 0. The lowest BCUT2D eigenvalue weighted by Gasteiger charge is -1.97. The van der Waals surface area contributed by atoms with E-state index in [2.05, 4.69) is 9.58 Å². The quantitative estimate of drug-likeness (QED) is 0.381. The van der Waals surface area contributed by atoms with Crippen molar-refractivity contribution in [3.05, 3.63) is 23.3 Å². The zero-order chi connectivity index (χ0) is 10.5. The minimum atomic E-state index is -3.45. The Balaban J connectivity index is 4.63. The van der Waals surface area contributed by atoms with E-state index in [1.165, 1.54) is 0 Å². The van der Waals surface area contributed by atoms with Crippen LogP contribution in [0.3, 0.4) is 0 Å². The topological polar surface area (TPSA) is 76.8 Å². The third-order valence-corrected chi connectivity index (χ3v) is 1.47. The Labute approximate surface area is 76.1 Å². The number of hydrogen-bond donors (Lipinski definition) is 1. The Bertz CT molecular complexity index is 363. The fourth-order valence-electron chi connectivity index (χ4n) is 0.404. The van der Waals surface area contributed by atoms with Crippen molar-refractivity contribution in [2.75, 3.05) is 13.4 Å². The molecule has 6 nitrogen and oxygen atoms in total. The molecule has 0 saturated carbocycles. The number of sulfonamides is 1. The van der Waals surface area contributed by atoms with E-state index in [9.17, 15) is 13.2 Å². The summed E-state index contributed by atoms with van der Waals surface area (Å²) < 4.78 is 27.2. The van der Waals surface area contributed by atoms with Crippen LogP contribution < -0.4 is 4.72 Å². The van der Waals surface area contributed by atoms with Gasteiger partial charge in [-0.2, -0.15) is 0 Å². The lowest BCUT2D eigenvalue weighted by atomic mass is 10.5. The summed E-state index contributed by atoms with van der Waals surface area (Å²) in [6.45, 7) is 6.52. The number of hydrogen-bond acceptors (Lipinski definition) is 4. The van der Waals surface area contributed by atoms with E-state index >= 15 is 0 Å². The van der Waals surface area contributed by atoms with Crippen LogP contribution in [0, 0.1) is 6.57 Å². The van der Waals surface area contributed by atoms with Gasteiger partial charge in [0.15, 0.2) is 0 Å². The monoisotopic (exact) mass is 204 g/mol. The summed E-state index contributed by atoms with van der Waals surface area (Å²) in [4.78, 5) is 13.5. The first-order valence-electron chi connectivity index (χ1n) is 3.04. The molecule has 7 heteroatoms. The second-order valence-corrected chi connectivity index (χ2v) is 3.80. The molecule has 0 aliphatic heterocycles. The van der Waals surface area contributed by atoms with E-state index in [0.29, 0.717) is 0 Å². The smallest absolute Gasteiger partial charge is 0.337 e. The Morgan fingerprint density at radius 3 is 2.46 bits per heavy atom. The molecule has 0 aromatic heterocycles. The molecule has 0 aliphatic rings. The van der Waals surface area contributed by atoms with Crippen molar-refractivity contribution < 1.29 is 17.9 Å². The summed E-state index contributed by atoms with van der Waals surface area (Å²) in [6.07, 6.45) is 1.69. The molecule has 13 heavy (non-hydrogen) atoms. The van der Waals surface area contributed by atoms with Gasteiger partial charge in [-0.25, -0.2) is 13.3 Å². The van der Waals surface area contributed by atoms with Crippen LogP contribution >= 0.6 is 0 Å². The molecule has 0 saturated heterocycles. The summed E-state index contributed by atoms with van der Waals surface area (Å²) in [6, 6.07) is 0. The van der Waals surface area contributed by atoms with Gasteiger partial charge in [-0.1, -0.05) is 0 Å². The molecule has 0 amide bonds. The predicted molar refractivity (Wildman–Crippen MR) is 44.7 cm³/mol. The van der Waals surface area contributed by atoms with Crippen LogP contribution in [-0.2, 0) is 19.6 Å². The number of carbonyl (C=O) groups excluding carboxylic acids is 1. The Hall–Kier alpha value is -1.55. The number of carbonyl (C=O) groups is 1. The van der Waals surface area contributed by atoms with E-state index in [0.717, 1.165) is 19.6 Å². The zero-order valence-electron chi connectivity index (χ0n) is 7.07.